The molecular formula is C15H19NO3. The predicted octanol–water partition coefficient (Wildman–Crippen LogP) is 2.69. The van der Waals surface area contributed by atoms with Gasteiger partial charge in [-0.15, -0.1) is 0 Å². The summed E-state index contributed by atoms with van der Waals surface area (Å²) in [6, 6.07) is 5.59. The number of carbonyl (C=O) groups is 1. The van der Waals surface area contributed by atoms with E-state index in [4.69, 9.17) is 9.84 Å². The first-order chi connectivity index (χ1) is 9.02. The monoisotopic (exact) mass is 261 g/mol. The predicted molar refractivity (Wildman–Crippen MR) is 75.0 cm³/mol. The number of benzene rings is 1. The van der Waals surface area contributed by atoms with Crippen LogP contribution in [0.25, 0.3) is 0 Å². The van der Waals surface area contributed by atoms with Crippen molar-refractivity contribution in [2.45, 2.75) is 33.3 Å². The minimum atomic E-state index is -0.495. The zero-order valence-corrected chi connectivity index (χ0v) is 11.5. The number of anilines is 1. The molecule has 0 saturated heterocycles. The minimum Gasteiger partial charge on any atom is -0.447 e. The van der Waals surface area contributed by atoms with E-state index in [0.29, 0.717) is 17.7 Å². The molecule has 0 aliphatic rings. The van der Waals surface area contributed by atoms with Crippen LogP contribution in [0.5, 0.6) is 0 Å². The number of carbonyl (C=O) groups excluding carboxylic acids is 1. The topological polar surface area (TPSA) is 58.6 Å². The molecule has 19 heavy (non-hydrogen) atoms. The lowest BCUT2D eigenvalue weighted by molar-refractivity contribution is 0.130. The molecule has 4 nitrogen and oxygen atoms in total. The molecule has 0 aliphatic heterocycles. The average Bonchev–Trinajstić information content (AvgIpc) is 2.31. The molecular weight excluding hydrogens is 242 g/mol. The fourth-order valence-electron chi connectivity index (χ4n) is 1.44. The largest absolute Gasteiger partial charge is 0.447 e. The molecule has 0 aromatic heterocycles. The van der Waals surface area contributed by atoms with E-state index < -0.39 is 6.09 Å². The SMILES string of the molecule is Cc1ccc(C#CCCO)c(NC(=O)OC(C)C)c1. The quantitative estimate of drug-likeness (QED) is 0.822. The highest BCUT2D eigenvalue weighted by molar-refractivity contribution is 5.87. The van der Waals surface area contributed by atoms with Crippen LogP contribution in [-0.2, 0) is 4.74 Å². The summed E-state index contributed by atoms with van der Waals surface area (Å²) in [5, 5.41) is 11.4. The van der Waals surface area contributed by atoms with Crippen LogP contribution in [0.4, 0.5) is 10.5 Å². The Morgan fingerprint density at radius 1 is 1.47 bits per heavy atom. The number of amides is 1. The van der Waals surface area contributed by atoms with E-state index in [-0.39, 0.29) is 12.7 Å². The lowest BCUT2D eigenvalue weighted by atomic mass is 10.1. The van der Waals surface area contributed by atoms with E-state index in [1.165, 1.54) is 0 Å². The molecule has 0 fully saturated rings. The second-order valence-corrected chi connectivity index (χ2v) is 4.40. The lowest BCUT2D eigenvalue weighted by Gasteiger charge is -2.11. The summed E-state index contributed by atoms with van der Waals surface area (Å²) < 4.78 is 5.04. The zero-order chi connectivity index (χ0) is 14.3. The summed E-state index contributed by atoms with van der Waals surface area (Å²) in [5.74, 6) is 5.75. The van der Waals surface area contributed by atoms with Crippen LogP contribution in [-0.4, -0.2) is 23.9 Å². The first kappa shape index (κ1) is 15.1. The molecule has 1 amide bonds. The van der Waals surface area contributed by atoms with Crippen molar-refractivity contribution in [1.29, 1.82) is 0 Å². The second-order valence-electron chi connectivity index (χ2n) is 4.40. The van der Waals surface area contributed by atoms with Crippen molar-refractivity contribution in [1.82, 2.24) is 0 Å². The number of hydrogen-bond acceptors (Lipinski definition) is 3. The van der Waals surface area contributed by atoms with E-state index in [1.54, 1.807) is 13.8 Å². The van der Waals surface area contributed by atoms with Gasteiger partial charge in [-0.05, 0) is 38.5 Å². The molecule has 1 aromatic carbocycles. The standard InChI is InChI=1S/C15H19NO3/c1-11(2)19-15(18)16-14-10-12(3)7-8-13(14)6-4-5-9-17/h7-8,10-11,17H,5,9H2,1-3H3,(H,16,18). The fourth-order valence-corrected chi connectivity index (χ4v) is 1.44. The molecule has 0 aliphatic carbocycles. The maximum Gasteiger partial charge on any atom is 0.411 e. The van der Waals surface area contributed by atoms with Crippen molar-refractivity contribution in [3.05, 3.63) is 29.3 Å². The lowest BCUT2D eigenvalue weighted by Crippen LogP contribution is -2.18. The van der Waals surface area contributed by atoms with Gasteiger partial charge in [-0.1, -0.05) is 17.9 Å². The zero-order valence-electron chi connectivity index (χ0n) is 11.5. The third-order valence-corrected chi connectivity index (χ3v) is 2.21. The number of aryl methyl sites for hydroxylation is 1. The van der Waals surface area contributed by atoms with Crippen LogP contribution in [0.3, 0.4) is 0 Å². The van der Waals surface area contributed by atoms with Crippen molar-refractivity contribution in [2.75, 3.05) is 11.9 Å². The van der Waals surface area contributed by atoms with Crippen LogP contribution in [0, 0.1) is 18.8 Å². The Hall–Kier alpha value is -1.99. The average molecular weight is 261 g/mol. The van der Waals surface area contributed by atoms with Crippen LogP contribution in [0.1, 0.15) is 31.4 Å². The normalized spacial score (nSPS) is 9.74. The highest BCUT2D eigenvalue weighted by Gasteiger charge is 2.08. The van der Waals surface area contributed by atoms with Crippen LogP contribution >= 0.6 is 0 Å². The molecule has 0 atom stereocenters. The maximum atomic E-state index is 11.6. The van der Waals surface area contributed by atoms with Gasteiger partial charge < -0.3 is 9.84 Å². The Morgan fingerprint density at radius 2 is 2.21 bits per heavy atom. The van der Waals surface area contributed by atoms with E-state index in [1.807, 2.05) is 25.1 Å². The Morgan fingerprint density at radius 3 is 2.84 bits per heavy atom. The van der Waals surface area contributed by atoms with Crippen molar-refractivity contribution < 1.29 is 14.6 Å². The Labute approximate surface area is 113 Å². The van der Waals surface area contributed by atoms with Gasteiger partial charge in [0.05, 0.1) is 18.4 Å². The molecule has 0 radical (unpaired) electrons. The molecule has 0 bridgehead atoms. The van der Waals surface area contributed by atoms with Crippen molar-refractivity contribution in [2.24, 2.45) is 0 Å². The fraction of sp³-hybridized carbons (Fsp3) is 0.400. The van der Waals surface area contributed by atoms with Gasteiger partial charge in [-0.25, -0.2) is 4.79 Å². The first-order valence-electron chi connectivity index (χ1n) is 6.21. The van der Waals surface area contributed by atoms with Gasteiger partial charge in [-0.2, -0.15) is 0 Å². The molecule has 102 valence electrons. The van der Waals surface area contributed by atoms with Gasteiger partial charge in [-0.3, -0.25) is 5.32 Å². The highest BCUT2D eigenvalue weighted by Crippen LogP contribution is 2.17. The number of nitrogens with one attached hydrogen (secondary N) is 1. The van der Waals surface area contributed by atoms with Gasteiger partial charge in [0, 0.05) is 12.0 Å². The van der Waals surface area contributed by atoms with Gasteiger partial charge >= 0.3 is 6.09 Å². The number of aliphatic hydroxyl groups is 1. The number of rotatable bonds is 3. The van der Waals surface area contributed by atoms with E-state index in [0.717, 1.165) is 5.56 Å². The summed E-state index contributed by atoms with van der Waals surface area (Å²) >= 11 is 0. The van der Waals surface area contributed by atoms with E-state index in [2.05, 4.69) is 17.2 Å². The highest BCUT2D eigenvalue weighted by atomic mass is 16.6. The Bertz CT molecular complexity index is 498. The summed E-state index contributed by atoms with van der Waals surface area (Å²) in [4.78, 5) is 11.6. The molecule has 0 heterocycles. The molecule has 1 aromatic rings. The number of aliphatic hydroxyl groups excluding tert-OH is 1. The van der Waals surface area contributed by atoms with Crippen LogP contribution < -0.4 is 5.32 Å². The third-order valence-electron chi connectivity index (χ3n) is 2.21. The first-order valence-corrected chi connectivity index (χ1v) is 6.21. The summed E-state index contributed by atoms with van der Waals surface area (Å²) in [6.07, 6.45) is -0.261. The van der Waals surface area contributed by atoms with E-state index in [9.17, 15) is 4.79 Å². The maximum absolute atomic E-state index is 11.6. The molecule has 0 saturated carbocycles. The second kappa shape index (κ2) is 7.45. The molecule has 0 spiro atoms. The smallest absolute Gasteiger partial charge is 0.411 e. The van der Waals surface area contributed by atoms with Crippen LogP contribution in [0.15, 0.2) is 18.2 Å². The van der Waals surface area contributed by atoms with Crippen molar-refractivity contribution in [3.8, 4) is 11.8 Å². The third kappa shape index (κ3) is 5.45. The molecule has 4 heteroatoms. The molecule has 2 N–H and O–H groups in total. The van der Waals surface area contributed by atoms with E-state index >= 15 is 0 Å². The number of ether oxygens (including phenoxy) is 1. The Balaban J connectivity index is 2.89. The molecule has 1 rings (SSSR count). The van der Waals surface area contributed by atoms with Crippen LogP contribution in [0.2, 0.25) is 0 Å². The summed E-state index contributed by atoms with van der Waals surface area (Å²) in [5.41, 5.74) is 2.35. The van der Waals surface area contributed by atoms with Gasteiger partial charge in [0.2, 0.25) is 0 Å². The van der Waals surface area contributed by atoms with Gasteiger partial charge in [0.15, 0.2) is 0 Å². The van der Waals surface area contributed by atoms with Crippen molar-refractivity contribution in [3.63, 3.8) is 0 Å². The van der Waals surface area contributed by atoms with Gasteiger partial charge in [0.25, 0.3) is 0 Å². The Kier molecular flexibility index (Phi) is 5.91. The number of hydrogen-bond donors (Lipinski definition) is 2. The summed E-state index contributed by atoms with van der Waals surface area (Å²) in [6.45, 7) is 5.54. The minimum absolute atomic E-state index is 0.0248. The molecule has 0 unspecified atom stereocenters. The summed E-state index contributed by atoms with van der Waals surface area (Å²) in [7, 11) is 0. The van der Waals surface area contributed by atoms with Crippen molar-refractivity contribution >= 4 is 11.8 Å². The van der Waals surface area contributed by atoms with Gasteiger partial charge in [0.1, 0.15) is 0 Å².